The number of nitrogens with one attached hydrogen (secondary N) is 1. The third-order valence-electron chi connectivity index (χ3n) is 3.33. The Labute approximate surface area is 123 Å². The van der Waals surface area contributed by atoms with Gasteiger partial charge in [-0.15, -0.1) is 0 Å². The van der Waals surface area contributed by atoms with Gasteiger partial charge in [-0.1, -0.05) is 35.3 Å². The molecule has 104 valence electrons. The van der Waals surface area contributed by atoms with Crippen LogP contribution >= 0.6 is 23.2 Å². The topological polar surface area (TPSA) is 32.3 Å². The molecule has 19 heavy (non-hydrogen) atoms. The van der Waals surface area contributed by atoms with E-state index in [1.807, 2.05) is 17.0 Å². The van der Waals surface area contributed by atoms with E-state index in [1.165, 1.54) is 0 Å². The number of nitrogens with zero attached hydrogens (tertiary/aromatic N) is 1. The zero-order valence-electron chi connectivity index (χ0n) is 10.8. The van der Waals surface area contributed by atoms with Crippen molar-refractivity contribution < 1.29 is 4.79 Å². The van der Waals surface area contributed by atoms with E-state index in [-0.39, 0.29) is 5.91 Å². The van der Waals surface area contributed by atoms with Crippen molar-refractivity contribution in [1.82, 2.24) is 10.2 Å². The molecule has 1 saturated heterocycles. The molecule has 1 N–H and O–H groups in total. The lowest BCUT2D eigenvalue weighted by molar-refractivity contribution is -0.130. The van der Waals surface area contributed by atoms with Crippen LogP contribution < -0.4 is 5.32 Å². The number of carbonyl (C=O) groups excluding carboxylic acids is 1. The lowest BCUT2D eigenvalue weighted by Gasteiger charge is -2.20. The average molecular weight is 301 g/mol. The van der Waals surface area contributed by atoms with Gasteiger partial charge in [-0.25, -0.2) is 0 Å². The summed E-state index contributed by atoms with van der Waals surface area (Å²) in [6, 6.07) is 5.55. The van der Waals surface area contributed by atoms with Crippen LogP contribution in [0.4, 0.5) is 0 Å². The lowest BCUT2D eigenvalue weighted by atomic mass is 10.1. The first-order chi connectivity index (χ1) is 9.18. The molecule has 0 unspecified atom stereocenters. The van der Waals surface area contributed by atoms with Crippen LogP contribution in [0.5, 0.6) is 0 Å². The Hall–Kier alpha value is -0.770. The molecular formula is C14H18Cl2N2O. The van der Waals surface area contributed by atoms with E-state index in [0.717, 1.165) is 38.2 Å². The maximum absolute atomic E-state index is 12.1. The normalized spacial score (nSPS) is 16.2. The van der Waals surface area contributed by atoms with Crippen molar-refractivity contribution in [2.24, 2.45) is 0 Å². The van der Waals surface area contributed by atoms with Crippen LogP contribution in [0.3, 0.4) is 0 Å². The van der Waals surface area contributed by atoms with E-state index in [1.54, 1.807) is 6.07 Å². The fourth-order valence-corrected chi connectivity index (χ4v) is 2.65. The first-order valence-corrected chi connectivity index (χ1v) is 7.35. The molecule has 1 aliphatic heterocycles. The number of hydrogen-bond donors (Lipinski definition) is 1. The van der Waals surface area contributed by atoms with Crippen LogP contribution in [0.25, 0.3) is 0 Å². The Morgan fingerprint density at radius 2 is 2.11 bits per heavy atom. The predicted octanol–water partition coefficient (Wildman–Crippen LogP) is 2.75. The van der Waals surface area contributed by atoms with Crippen LogP contribution in [0.15, 0.2) is 18.2 Å². The standard InChI is InChI=1S/C14H18Cl2N2O/c15-12-4-1-3-11(14(12)16)5-6-13(19)18-9-2-7-17-8-10-18/h1,3-4,17H,2,5-10H2. The summed E-state index contributed by atoms with van der Waals surface area (Å²) in [4.78, 5) is 14.1. The van der Waals surface area contributed by atoms with Crippen LogP contribution in [-0.2, 0) is 11.2 Å². The second-order valence-corrected chi connectivity index (χ2v) is 5.48. The molecule has 0 atom stereocenters. The minimum atomic E-state index is 0.194. The van der Waals surface area contributed by atoms with E-state index in [2.05, 4.69) is 5.32 Å². The molecule has 0 spiro atoms. The summed E-state index contributed by atoms with van der Waals surface area (Å²) in [7, 11) is 0. The number of carbonyl (C=O) groups is 1. The summed E-state index contributed by atoms with van der Waals surface area (Å²) in [5, 5.41) is 4.40. The molecule has 0 aliphatic carbocycles. The van der Waals surface area contributed by atoms with E-state index in [9.17, 15) is 4.79 Å². The maximum Gasteiger partial charge on any atom is 0.222 e. The van der Waals surface area contributed by atoms with Gasteiger partial charge in [0.25, 0.3) is 0 Å². The summed E-state index contributed by atoms with van der Waals surface area (Å²) >= 11 is 12.1. The highest BCUT2D eigenvalue weighted by molar-refractivity contribution is 6.42. The maximum atomic E-state index is 12.1. The minimum Gasteiger partial charge on any atom is -0.341 e. The van der Waals surface area contributed by atoms with E-state index < -0.39 is 0 Å². The third-order valence-corrected chi connectivity index (χ3v) is 4.19. The van der Waals surface area contributed by atoms with Crippen molar-refractivity contribution in [1.29, 1.82) is 0 Å². The summed E-state index contributed by atoms with van der Waals surface area (Å²) in [5.74, 6) is 0.194. The van der Waals surface area contributed by atoms with Gasteiger partial charge in [-0.3, -0.25) is 4.79 Å². The summed E-state index contributed by atoms with van der Waals surface area (Å²) in [5.41, 5.74) is 0.940. The van der Waals surface area contributed by atoms with E-state index in [4.69, 9.17) is 23.2 Å². The lowest BCUT2D eigenvalue weighted by Crippen LogP contribution is -2.34. The van der Waals surface area contributed by atoms with Crippen LogP contribution in [0.1, 0.15) is 18.4 Å². The fourth-order valence-electron chi connectivity index (χ4n) is 2.24. The molecular weight excluding hydrogens is 283 g/mol. The van der Waals surface area contributed by atoms with Gasteiger partial charge < -0.3 is 10.2 Å². The number of hydrogen-bond acceptors (Lipinski definition) is 2. The number of rotatable bonds is 3. The molecule has 0 saturated carbocycles. The van der Waals surface area contributed by atoms with E-state index >= 15 is 0 Å². The fraction of sp³-hybridized carbons (Fsp3) is 0.500. The molecule has 1 aromatic carbocycles. The van der Waals surface area contributed by atoms with Gasteiger partial charge >= 0.3 is 0 Å². The molecule has 1 aromatic rings. The second-order valence-electron chi connectivity index (χ2n) is 4.70. The first-order valence-electron chi connectivity index (χ1n) is 6.60. The Balaban J connectivity index is 1.90. The van der Waals surface area contributed by atoms with Gasteiger partial charge in [0, 0.05) is 26.1 Å². The van der Waals surface area contributed by atoms with Crippen molar-refractivity contribution in [2.75, 3.05) is 26.2 Å². The highest BCUT2D eigenvalue weighted by Crippen LogP contribution is 2.26. The Kier molecular flexibility index (Phi) is 5.49. The van der Waals surface area contributed by atoms with Crippen molar-refractivity contribution in [3.05, 3.63) is 33.8 Å². The van der Waals surface area contributed by atoms with Gasteiger partial charge in [0.1, 0.15) is 0 Å². The second kappa shape index (κ2) is 7.13. The molecule has 5 heteroatoms. The van der Waals surface area contributed by atoms with Gasteiger partial charge in [-0.05, 0) is 31.0 Å². The van der Waals surface area contributed by atoms with Crippen molar-refractivity contribution in [2.45, 2.75) is 19.3 Å². The van der Waals surface area contributed by atoms with Gasteiger partial charge in [0.2, 0.25) is 5.91 Å². The van der Waals surface area contributed by atoms with Crippen LogP contribution in [0.2, 0.25) is 10.0 Å². The summed E-state index contributed by atoms with van der Waals surface area (Å²) in [6.45, 7) is 3.50. The summed E-state index contributed by atoms with van der Waals surface area (Å²) < 4.78 is 0. The van der Waals surface area contributed by atoms with Crippen molar-refractivity contribution in [3.8, 4) is 0 Å². The Morgan fingerprint density at radius 1 is 1.26 bits per heavy atom. The molecule has 2 rings (SSSR count). The molecule has 0 bridgehead atoms. The highest BCUT2D eigenvalue weighted by atomic mass is 35.5. The number of benzene rings is 1. The molecule has 0 radical (unpaired) electrons. The molecule has 1 amide bonds. The van der Waals surface area contributed by atoms with Crippen molar-refractivity contribution in [3.63, 3.8) is 0 Å². The molecule has 3 nitrogen and oxygen atoms in total. The van der Waals surface area contributed by atoms with Gasteiger partial charge in [-0.2, -0.15) is 0 Å². The van der Waals surface area contributed by atoms with Crippen LogP contribution in [0, 0.1) is 0 Å². The molecule has 0 aromatic heterocycles. The molecule has 1 heterocycles. The van der Waals surface area contributed by atoms with Gasteiger partial charge in [0.05, 0.1) is 10.0 Å². The summed E-state index contributed by atoms with van der Waals surface area (Å²) in [6.07, 6.45) is 2.14. The quantitative estimate of drug-likeness (QED) is 0.931. The minimum absolute atomic E-state index is 0.194. The number of amides is 1. The molecule has 1 fully saturated rings. The first kappa shape index (κ1) is 14.6. The Morgan fingerprint density at radius 3 is 2.95 bits per heavy atom. The predicted molar refractivity (Wildman–Crippen MR) is 78.8 cm³/mol. The number of halogens is 2. The zero-order valence-corrected chi connectivity index (χ0v) is 12.3. The molecule has 1 aliphatic rings. The van der Waals surface area contributed by atoms with Crippen molar-refractivity contribution >= 4 is 29.1 Å². The zero-order chi connectivity index (χ0) is 13.7. The van der Waals surface area contributed by atoms with Crippen LogP contribution in [-0.4, -0.2) is 37.0 Å². The van der Waals surface area contributed by atoms with Gasteiger partial charge in [0.15, 0.2) is 0 Å². The number of aryl methyl sites for hydroxylation is 1. The third kappa shape index (κ3) is 4.10. The average Bonchev–Trinajstić information content (AvgIpc) is 2.69. The smallest absolute Gasteiger partial charge is 0.222 e. The SMILES string of the molecule is O=C(CCc1cccc(Cl)c1Cl)N1CCCNCC1. The van der Waals surface area contributed by atoms with E-state index in [0.29, 0.717) is 22.9 Å². The Bertz CT molecular complexity index is 443. The monoisotopic (exact) mass is 300 g/mol. The highest BCUT2D eigenvalue weighted by Gasteiger charge is 2.15. The largest absolute Gasteiger partial charge is 0.341 e.